The van der Waals surface area contributed by atoms with Crippen molar-refractivity contribution in [2.24, 2.45) is 0 Å². The zero-order valence-corrected chi connectivity index (χ0v) is 25.0. The summed E-state index contributed by atoms with van der Waals surface area (Å²) in [6.45, 7) is 0. The minimum absolute atomic E-state index is 0. The molecule has 37 heavy (non-hydrogen) atoms. The number of rotatable bonds is 8. The Morgan fingerprint density at radius 2 is 1.59 bits per heavy atom. The van der Waals surface area contributed by atoms with Crippen LogP contribution in [0.25, 0.3) is 6.08 Å². The molecule has 0 bridgehead atoms. The van der Waals surface area contributed by atoms with Gasteiger partial charge in [-0.3, -0.25) is 14.6 Å². The molecule has 0 spiro atoms. The molecule has 0 atom stereocenters. The number of hydrazine groups is 1. The molecule has 4 heterocycles. The van der Waals surface area contributed by atoms with Crippen LogP contribution in [0, 0.1) is 0 Å². The van der Waals surface area contributed by atoms with Crippen LogP contribution >= 0.6 is 12.0 Å². The normalized spacial score (nSPS) is 14.5. The van der Waals surface area contributed by atoms with Gasteiger partial charge in [0, 0.05) is 18.5 Å². The van der Waals surface area contributed by atoms with E-state index in [1.54, 1.807) is 0 Å². The molecule has 1 fully saturated rings. The monoisotopic (exact) mass is 566 g/mol. The summed E-state index contributed by atoms with van der Waals surface area (Å²) in [6, 6.07) is 7.79. The van der Waals surface area contributed by atoms with Gasteiger partial charge in [-0.05, 0) is 36.4 Å². The minimum atomic E-state index is -4.79. The first-order valence-corrected chi connectivity index (χ1v) is 11.4. The molecule has 182 valence electrons. The molecule has 0 unspecified atom stereocenters. The van der Waals surface area contributed by atoms with Gasteiger partial charge in [0.25, 0.3) is 17.8 Å². The van der Waals surface area contributed by atoms with Crippen LogP contribution in [0.1, 0.15) is 5.76 Å². The summed E-state index contributed by atoms with van der Waals surface area (Å²) in [6.07, 6.45) is 3.20. The quantitative estimate of drug-likeness (QED) is 0.0479. The number of hydrogen-bond donors (Lipinski definition) is 0. The number of pyridine rings is 2. The molecule has 4 rings (SSSR count). The van der Waals surface area contributed by atoms with E-state index in [9.17, 15) is 27.8 Å². The fourth-order valence-electron chi connectivity index (χ4n) is 2.95. The second kappa shape index (κ2) is 13.3. The summed E-state index contributed by atoms with van der Waals surface area (Å²) in [5.74, 6) is -1.54. The fourth-order valence-corrected chi connectivity index (χ4v) is 3.69. The predicted octanol–water partition coefficient (Wildman–Crippen LogP) is -5.40. The Kier molecular flexibility index (Phi) is 11.3. The number of nitrogens with zero attached hydrogens (tertiary/aromatic N) is 4. The van der Waals surface area contributed by atoms with Crippen molar-refractivity contribution in [1.82, 2.24) is 9.97 Å². The predicted molar refractivity (Wildman–Crippen MR) is 113 cm³/mol. The van der Waals surface area contributed by atoms with Crippen LogP contribution in [0.2, 0.25) is 0 Å². The number of amides is 2. The third kappa shape index (κ3) is 6.99. The minimum Gasteiger partial charge on any atom is -0.744 e. The maximum atomic E-state index is 13.3. The summed E-state index contributed by atoms with van der Waals surface area (Å²) in [7, 11) is -3.41. The number of aromatic nitrogens is 2. The van der Waals surface area contributed by atoms with Gasteiger partial charge in [0.15, 0.2) is 11.6 Å². The van der Waals surface area contributed by atoms with Crippen LogP contribution in [0.5, 0.6) is 5.95 Å². The van der Waals surface area contributed by atoms with E-state index >= 15 is 0 Å². The van der Waals surface area contributed by atoms with Crippen molar-refractivity contribution in [3.63, 3.8) is 0 Å². The van der Waals surface area contributed by atoms with E-state index in [0.717, 1.165) is 28.3 Å². The second-order valence-electron chi connectivity index (χ2n) is 6.53. The van der Waals surface area contributed by atoms with Crippen molar-refractivity contribution in [2.45, 2.75) is 9.79 Å². The molecule has 0 radical (unpaired) electrons. The van der Waals surface area contributed by atoms with Crippen molar-refractivity contribution >= 4 is 51.7 Å². The molecule has 14 nitrogen and oxygen atoms in total. The van der Waals surface area contributed by atoms with Gasteiger partial charge < -0.3 is 19.0 Å². The Morgan fingerprint density at radius 1 is 0.973 bits per heavy atom. The Bertz CT molecular complexity index is 1400. The first-order chi connectivity index (χ1) is 16.7. The van der Waals surface area contributed by atoms with Crippen LogP contribution in [-0.4, -0.2) is 41.9 Å². The zero-order chi connectivity index (χ0) is 25.2. The van der Waals surface area contributed by atoms with Crippen molar-refractivity contribution in [3.05, 3.63) is 60.1 Å². The third-order valence-electron chi connectivity index (χ3n) is 4.46. The zero-order valence-electron chi connectivity index (χ0n) is 19.4. The summed E-state index contributed by atoms with van der Waals surface area (Å²) in [5.41, 5.74) is -0.326. The summed E-state index contributed by atoms with van der Waals surface area (Å²) >= 11 is 0.565. The van der Waals surface area contributed by atoms with Crippen LogP contribution in [0.3, 0.4) is 0 Å². The van der Waals surface area contributed by atoms with Gasteiger partial charge in [0.2, 0.25) is 0 Å². The van der Waals surface area contributed by atoms with Crippen molar-refractivity contribution in [2.75, 3.05) is 17.1 Å². The standard InChI is InChI=1S/C19H14N4O10S2.2Na/c1-30-17-7-2-11(31-17)8-14-18(24)22(15-5-3-12(9-20-15)34-33-32-26)23(19(14)25)16-6-4-13(10-21-16)35(27,28)29;;/h2-10,26H,1H3,(H,27,28,29);;/q;2*+1/p-2/b14-8-;;. The van der Waals surface area contributed by atoms with Crippen molar-refractivity contribution in [1.29, 1.82) is 0 Å². The summed E-state index contributed by atoms with van der Waals surface area (Å²) in [4.78, 5) is 34.2. The average molecular weight is 566 g/mol. The molecular formula is C19H12N4Na2O10S2. The number of carbonyl (C=O) groups excluding carboxylic acids is 2. The van der Waals surface area contributed by atoms with Gasteiger partial charge in [-0.25, -0.2) is 18.4 Å². The van der Waals surface area contributed by atoms with Crippen molar-refractivity contribution < 1.29 is 105 Å². The smallest absolute Gasteiger partial charge is 0.744 e. The van der Waals surface area contributed by atoms with Gasteiger partial charge in [-0.15, -0.1) is 0 Å². The van der Waals surface area contributed by atoms with Gasteiger partial charge >= 0.3 is 59.1 Å². The van der Waals surface area contributed by atoms with Crippen LogP contribution in [0.4, 0.5) is 11.6 Å². The van der Waals surface area contributed by atoms with Gasteiger partial charge in [-0.2, -0.15) is 14.4 Å². The maximum Gasteiger partial charge on any atom is 1.00 e. The molecular weight excluding hydrogens is 554 g/mol. The van der Waals surface area contributed by atoms with E-state index in [1.807, 2.05) is 0 Å². The van der Waals surface area contributed by atoms with Crippen molar-refractivity contribution in [3.8, 4) is 5.95 Å². The summed E-state index contributed by atoms with van der Waals surface area (Å²) < 4.78 is 48.2. The van der Waals surface area contributed by atoms with Crippen LogP contribution < -0.4 is 79.1 Å². The van der Waals surface area contributed by atoms with Crippen LogP contribution in [-0.2, 0) is 29.1 Å². The van der Waals surface area contributed by atoms with E-state index in [-0.39, 0.29) is 88.0 Å². The Balaban J connectivity index is 0.00000241. The number of furan rings is 1. The molecule has 18 heteroatoms. The number of methoxy groups -OCH3 is 1. The third-order valence-corrected chi connectivity index (χ3v) is 5.83. The van der Waals surface area contributed by atoms with Gasteiger partial charge in [-0.1, -0.05) is 0 Å². The molecule has 0 aliphatic carbocycles. The number of carbonyl (C=O) groups is 2. The fraction of sp³-hybridized carbons (Fsp3) is 0.0526. The van der Waals surface area contributed by atoms with E-state index in [1.165, 1.54) is 43.6 Å². The summed E-state index contributed by atoms with van der Waals surface area (Å²) in [5, 5.41) is 15.0. The van der Waals surface area contributed by atoms with E-state index in [2.05, 4.69) is 19.3 Å². The topological polar surface area (TPSA) is 187 Å². The van der Waals surface area contributed by atoms with Crippen LogP contribution in [0.15, 0.2) is 68.6 Å². The molecule has 3 aromatic rings. The Morgan fingerprint density at radius 3 is 2.05 bits per heavy atom. The Hall–Kier alpha value is -1.80. The van der Waals surface area contributed by atoms with E-state index in [4.69, 9.17) is 9.15 Å². The maximum absolute atomic E-state index is 13.3. The first-order valence-electron chi connectivity index (χ1n) is 9.28. The van der Waals surface area contributed by atoms with Gasteiger partial charge in [0.1, 0.15) is 21.5 Å². The number of anilines is 2. The molecule has 1 aliphatic rings. The molecule has 0 aromatic carbocycles. The Labute approximate surface area is 258 Å². The molecule has 0 N–H and O–H groups in total. The first kappa shape index (κ1) is 31.4. The molecule has 1 saturated heterocycles. The number of ether oxygens (including phenoxy) is 1. The largest absolute Gasteiger partial charge is 1.00 e. The second-order valence-corrected chi connectivity index (χ2v) is 8.68. The molecule has 0 saturated carbocycles. The van der Waals surface area contributed by atoms with Gasteiger partial charge in [0.05, 0.1) is 28.9 Å². The van der Waals surface area contributed by atoms with E-state index in [0.29, 0.717) is 16.9 Å². The molecule has 2 amide bonds. The van der Waals surface area contributed by atoms with E-state index < -0.39 is 26.8 Å². The molecule has 1 aliphatic heterocycles. The number of hydrogen-bond acceptors (Lipinski definition) is 13. The average Bonchev–Trinajstić information content (AvgIpc) is 3.40. The molecule has 3 aromatic heterocycles. The SMILES string of the molecule is COc1ccc(/C=C2/C(=O)N(c3ccc(SOO[O-])cn3)N(c3ccc(S(=O)(=O)[O-])cn3)C2=O)o1.[Na+].[Na+].